The molecule has 0 bridgehead atoms. The third-order valence-corrected chi connectivity index (χ3v) is 3.28. The minimum atomic E-state index is -0.516. The Kier molecular flexibility index (Phi) is 8.89. The number of nitrogens with zero attached hydrogens (tertiary/aromatic N) is 4. The Labute approximate surface area is 156 Å². The molecular weight excluding hydrogens is 325 g/mol. The zero-order valence-electron chi connectivity index (χ0n) is 11.2. The molecule has 0 saturated heterocycles. The molecule has 1 aromatic heterocycles. The van der Waals surface area contributed by atoms with Crippen LogP contribution >= 0.6 is 8.73 Å². The van der Waals surface area contributed by atoms with Gasteiger partial charge in [0.15, 0.2) is 0 Å². The summed E-state index contributed by atoms with van der Waals surface area (Å²) in [6, 6.07) is 0. The Hall–Kier alpha value is 0.515. The van der Waals surface area contributed by atoms with Gasteiger partial charge in [-0.15, -0.1) is 0 Å². The van der Waals surface area contributed by atoms with Gasteiger partial charge in [0, 0.05) is 13.0 Å². The Morgan fingerprint density at radius 3 is 2.50 bits per heavy atom. The average Bonchev–Trinajstić information content (AvgIpc) is 2.26. The zero-order valence-corrected chi connectivity index (χ0v) is 17.1. The zero-order chi connectivity index (χ0) is 13.0. The number of aromatic nitrogens is 3. The maximum Gasteiger partial charge on any atom is 1.00 e. The van der Waals surface area contributed by atoms with Gasteiger partial charge in [0.05, 0.1) is 0 Å². The van der Waals surface area contributed by atoms with Gasteiger partial charge in [0.1, 0.15) is 5.82 Å². The SMILES string of the molecule is CCn1c(=O)nc(CCC(C)=[N-])n(PC)c1=O.[Rb+]. The van der Waals surface area contributed by atoms with Crippen LogP contribution < -0.4 is 69.6 Å². The first-order chi connectivity index (χ1) is 8.01. The van der Waals surface area contributed by atoms with Gasteiger partial charge in [-0.05, 0) is 28.7 Å². The van der Waals surface area contributed by atoms with Gasteiger partial charge in [-0.1, -0.05) is 6.92 Å². The fourth-order valence-electron chi connectivity index (χ4n) is 1.49. The van der Waals surface area contributed by atoms with Crippen molar-refractivity contribution in [2.24, 2.45) is 0 Å². The van der Waals surface area contributed by atoms with Crippen molar-refractivity contribution in [3.05, 3.63) is 32.2 Å². The number of rotatable bonds is 5. The van der Waals surface area contributed by atoms with Gasteiger partial charge in [0.25, 0.3) is 0 Å². The number of hydrogen-bond acceptors (Lipinski definition) is 3. The van der Waals surface area contributed by atoms with E-state index in [-0.39, 0.29) is 78.3 Å². The summed E-state index contributed by atoms with van der Waals surface area (Å²) in [4.78, 5) is 27.4. The number of hydrogen-bond donors (Lipinski definition) is 0. The third kappa shape index (κ3) is 4.56. The smallest absolute Gasteiger partial charge is 0.811 e. The van der Waals surface area contributed by atoms with E-state index in [9.17, 15) is 9.59 Å². The van der Waals surface area contributed by atoms with Crippen LogP contribution in [0.3, 0.4) is 0 Å². The van der Waals surface area contributed by atoms with Crippen molar-refractivity contribution in [3.8, 4) is 0 Å². The topological polar surface area (TPSA) is 79.2 Å². The second-order valence-corrected chi connectivity index (χ2v) is 4.53. The van der Waals surface area contributed by atoms with Crippen LogP contribution in [0.1, 0.15) is 26.1 Å². The molecule has 0 spiro atoms. The second-order valence-electron chi connectivity index (χ2n) is 3.63. The molecule has 1 aromatic rings. The minimum absolute atomic E-state index is 0. The van der Waals surface area contributed by atoms with E-state index >= 15 is 0 Å². The average molecular weight is 341 g/mol. The van der Waals surface area contributed by atoms with Gasteiger partial charge in [-0.2, -0.15) is 4.98 Å². The van der Waals surface area contributed by atoms with Crippen molar-refractivity contribution in [3.63, 3.8) is 0 Å². The molecule has 0 amide bonds. The monoisotopic (exact) mass is 340 g/mol. The molecule has 0 aliphatic rings. The van der Waals surface area contributed by atoms with Crippen molar-refractivity contribution in [2.75, 3.05) is 6.66 Å². The molecule has 0 aliphatic carbocycles. The van der Waals surface area contributed by atoms with Crippen LogP contribution in [0.2, 0.25) is 0 Å². The van der Waals surface area contributed by atoms with Crippen molar-refractivity contribution in [1.82, 2.24) is 13.9 Å². The quantitative estimate of drug-likeness (QED) is 0.438. The summed E-state index contributed by atoms with van der Waals surface area (Å²) in [7, 11) is 0.218. The first-order valence-corrected chi connectivity index (χ1v) is 6.87. The molecule has 18 heavy (non-hydrogen) atoms. The molecule has 1 rings (SSSR count). The molecule has 6 nitrogen and oxygen atoms in total. The first kappa shape index (κ1) is 18.5. The van der Waals surface area contributed by atoms with Gasteiger partial charge in [-0.25, -0.2) is 19.9 Å². The number of aryl methyl sites for hydroxylation is 1. The molecule has 0 aromatic carbocycles. The van der Waals surface area contributed by atoms with Crippen LogP contribution in [-0.4, -0.2) is 26.3 Å². The van der Waals surface area contributed by atoms with E-state index in [1.54, 1.807) is 13.8 Å². The molecule has 0 N–H and O–H groups in total. The molecular formula is C10H16N4O2PRb. The van der Waals surface area contributed by atoms with Gasteiger partial charge >= 0.3 is 69.6 Å². The normalized spacial score (nSPS) is 10.6. The summed E-state index contributed by atoms with van der Waals surface area (Å²) < 4.78 is 2.60. The Morgan fingerprint density at radius 2 is 2.06 bits per heavy atom. The van der Waals surface area contributed by atoms with Crippen LogP contribution in [0.5, 0.6) is 0 Å². The van der Waals surface area contributed by atoms with Crippen molar-refractivity contribution >= 4 is 14.4 Å². The van der Waals surface area contributed by atoms with E-state index in [0.29, 0.717) is 25.2 Å². The fraction of sp³-hybridized carbons (Fsp3) is 0.600. The predicted octanol–water partition coefficient (Wildman–Crippen LogP) is -2.54. The standard InChI is InChI=1S/C10H16N4O2P.Rb/c1-4-13-9(15)12-8(6-5-7(2)11)14(17-3)10(13)16;/h17H,4-6H2,1-3H3;/q-1;+1. The molecule has 0 radical (unpaired) electrons. The second kappa shape index (κ2) is 8.64. The van der Waals surface area contributed by atoms with Crippen LogP contribution in [-0.2, 0) is 13.0 Å². The molecule has 94 valence electrons. The molecule has 1 atom stereocenters. The Balaban J connectivity index is 0.00000289. The summed E-state index contributed by atoms with van der Waals surface area (Å²) >= 11 is 0. The summed E-state index contributed by atoms with van der Waals surface area (Å²) in [5.74, 6) is 0.443. The maximum absolute atomic E-state index is 11.9. The van der Waals surface area contributed by atoms with Crippen molar-refractivity contribution in [2.45, 2.75) is 33.2 Å². The maximum atomic E-state index is 11.9. The summed E-state index contributed by atoms with van der Waals surface area (Å²) in [6.07, 6.45) is 0.810. The molecule has 1 unspecified atom stereocenters. The van der Waals surface area contributed by atoms with Crippen LogP contribution in [0, 0.1) is 0 Å². The van der Waals surface area contributed by atoms with Gasteiger partial charge in [0.2, 0.25) is 0 Å². The van der Waals surface area contributed by atoms with E-state index in [4.69, 9.17) is 5.41 Å². The fourth-order valence-corrected chi connectivity index (χ4v) is 2.22. The molecule has 0 saturated carbocycles. The van der Waals surface area contributed by atoms with Crippen LogP contribution in [0.15, 0.2) is 9.59 Å². The largest absolute Gasteiger partial charge is 1.00 e. The Morgan fingerprint density at radius 1 is 1.44 bits per heavy atom. The van der Waals surface area contributed by atoms with Crippen molar-refractivity contribution in [1.29, 1.82) is 0 Å². The molecule has 0 fully saturated rings. The molecule has 1 heterocycles. The predicted molar refractivity (Wildman–Crippen MR) is 70.4 cm³/mol. The van der Waals surface area contributed by atoms with Crippen molar-refractivity contribution < 1.29 is 58.2 Å². The van der Waals surface area contributed by atoms with E-state index in [1.165, 1.54) is 4.34 Å². The van der Waals surface area contributed by atoms with E-state index < -0.39 is 5.69 Å². The van der Waals surface area contributed by atoms with Crippen LogP contribution in [0.25, 0.3) is 5.41 Å². The molecule has 8 heteroatoms. The minimum Gasteiger partial charge on any atom is -0.811 e. The van der Waals surface area contributed by atoms with E-state index in [0.717, 1.165) is 4.57 Å². The van der Waals surface area contributed by atoms with Gasteiger partial charge < -0.3 is 5.41 Å². The summed E-state index contributed by atoms with van der Waals surface area (Å²) in [5.41, 5.74) is -0.568. The Bertz CT molecular complexity index is 538. The van der Waals surface area contributed by atoms with E-state index in [2.05, 4.69) is 4.98 Å². The van der Waals surface area contributed by atoms with E-state index in [1.807, 2.05) is 6.66 Å². The first-order valence-electron chi connectivity index (χ1n) is 5.43. The summed E-state index contributed by atoms with van der Waals surface area (Å²) in [5, 5.41) is 9.14. The third-order valence-electron chi connectivity index (χ3n) is 2.39. The molecule has 0 aliphatic heterocycles. The van der Waals surface area contributed by atoms with Gasteiger partial charge in [-0.3, -0.25) is 4.34 Å². The summed E-state index contributed by atoms with van der Waals surface area (Å²) in [6.45, 7) is 5.50. The van der Waals surface area contributed by atoms with Crippen LogP contribution in [0.4, 0.5) is 0 Å².